The van der Waals surface area contributed by atoms with Crippen molar-refractivity contribution in [3.8, 4) is 11.5 Å². The van der Waals surface area contributed by atoms with E-state index < -0.39 is 12.2 Å². The van der Waals surface area contributed by atoms with E-state index in [0.29, 0.717) is 0 Å². The lowest BCUT2D eigenvalue weighted by molar-refractivity contribution is 0.0678. The van der Waals surface area contributed by atoms with Crippen molar-refractivity contribution in [2.24, 2.45) is 0 Å². The summed E-state index contributed by atoms with van der Waals surface area (Å²) in [6.07, 6.45) is -3.07. The summed E-state index contributed by atoms with van der Waals surface area (Å²) in [7, 11) is 2.68. The standard InChI is InChI=1S/C10H9ClF2O3/c1-15-7-4-5(8(14)10(12)13)3-6(11)9(7)16-2/h3-4,10H,1-2H3. The smallest absolute Gasteiger partial charge is 0.300 e. The lowest BCUT2D eigenvalue weighted by Gasteiger charge is -2.10. The molecule has 0 spiro atoms. The highest BCUT2D eigenvalue weighted by atomic mass is 35.5. The molecule has 0 aliphatic heterocycles. The maximum absolute atomic E-state index is 12.2. The molecule has 1 aromatic rings. The van der Waals surface area contributed by atoms with Crippen LogP contribution in [0.2, 0.25) is 5.02 Å². The maximum atomic E-state index is 12.2. The van der Waals surface area contributed by atoms with E-state index in [2.05, 4.69) is 0 Å². The number of ether oxygens (including phenoxy) is 2. The Bertz CT molecular complexity index is 407. The molecule has 88 valence electrons. The van der Waals surface area contributed by atoms with E-state index >= 15 is 0 Å². The van der Waals surface area contributed by atoms with Crippen LogP contribution in [0.25, 0.3) is 0 Å². The van der Waals surface area contributed by atoms with Crippen molar-refractivity contribution >= 4 is 17.4 Å². The molecule has 1 aromatic carbocycles. The fraction of sp³-hybridized carbons (Fsp3) is 0.300. The molecule has 0 radical (unpaired) electrons. The first kappa shape index (κ1) is 12.7. The van der Waals surface area contributed by atoms with Gasteiger partial charge in [-0.15, -0.1) is 0 Å². The second-order valence-corrected chi connectivity index (χ2v) is 3.27. The predicted octanol–water partition coefficient (Wildman–Crippen LogP) is 2.81. The Morgan fingerprint density at radius 3 is 2.38 bits per heavy atom. The number of methoxy groups -OCH3 is 2. The molecular formula is C10H9ClF2O3. The van der Waals surface area contributed by atoms with Gasteiger partial charge in [-0.3, -0.25) is 4.79 Å². The molecule has 0 aliphatic rings. The second kappa shape index (κ2) is 5.12. The summed E-state index contributed by atoms with van der Waals surface area (Å²) in [5.41, 5.74) is -0.211. The van der Waals surface area contributed by atoms with Gasteiger partial charge in [-0.25, -0.2) is 8.78 Å². The minimum atomic E-state index is -3.07. The summed E-state index contributed by atoms with van der Waals surface area (Å²) >= 11 is 5.76. The Kier molecular flexibility index (Phi) is 4.06. The van der Waals surface area contributed by atoms with Gasteiger partial charge in [-0.05, 0) is 12.1 Å². The minimum Gasteiger partial charge on any atom is -0.493 e. The molecule has 0 atom stereocenters. The first-order chi connectivity index (χ1) is 7.51. The highest BCUT2D eigenvalue weighted by Crippen LogP contribution is 2.36. The van der Waals surface area contributed by atoms with Gasteiger partial charge in [0, 0.05) is 5.56 Å². The van der Waals surface area contributed by atoms with Crippen LogP contribution in [0.15, 0.2) is 12.1 Å². The van der Waals surface area contributed by atoms with E-state index in [1.807, 2.05) is 0 Å². The number of carbonyl (C=O) groups is 1. The van der Waals surface area contributed by atoms with Gasteiger partial charge in [0.15, 0.2) is 11.5 Å². The molecule has 0 heterocycles. The summed E-state index contributed by atoms with van der Waals surface area (Å²) in [5.74, 6) is -0.961. The van der Waals surface area contributed by atoms with E-state index in [1.54, 1.807) is 0 Å². The van der Waals surface area contributed by atoms with Crippen molar-refractivity contribution in [1.82, 2.24) is 0 Å². The van der Waals surface area contributed by atoms with Crippen molar-refractivity contribution < 1.29 is 23.0 Å². The van der Waals surface area contributed by atoms with E-state index in [4.69, 9.17) is 21.1 Å². The van der Waals surface area contributed by atoms with Crippen LogP contribution in [0.5, 0.6) is 11.5 Å². The van der Waals surface area contributed by atoms with E-state index in [0.717, 1.165) is 6.07 Å². The minimum absolute atomic E-state index is 0.0471. The summed E-state index contributed by atoms with van der Waals surface area (Å²) < 4.78 is 34.2. The highest BCUT2D eigenvalue weighted by Gasteiger charge is 2.21. The molecule has 3 nitrogen and oxygen atoms in total. The Morgan fingerprint density at radius 2 is 1.94 bits per heavy atom. The van der Waals surface area contributed by atoms with Gasteiger partial charge in [-0.2, -0.15) is 0 Å². The number of rotatable bonds is 4. The molecule has 0 fully saturated rings. The van der Waals surface area contributed by atoms with Gasteiger partial charge in [0.1, 0.15) is 0 Å². The van der Waals surface area contributed by atoms with Gasteiger partial charge in [0.25, 0.3) is 0 Å². The first-order valence-electron chi connectivity index (χ1n) is 4.25. The van der Waals surface area contributed by atoms with Gasteiger partial charge >= 0.3 is 6.43 Å². The number of hydrogen-bond donors (Lipinski definition) is 0. The van der Waals surface area contributed by atoms with Gasteiger partial charge < -0.3 is 9.47 Å². The number of hydrogen-bond acceptors (Lipinski definition) is 3. The molecule has 16 heavy (non-hydrogen) atoms. The molecule has 0 saturated heterocycles. The molecule has 0 N–H and O–H groups in total. The summed E-state index contributed by atoms with van der Waals surface area (Å²) in [4.78, 5) is 11.1. The SMILES string of the molecule is COc1cc(C(=O)C(F)F)cc(Cl)c1OC. The summed E-state index contributed by atoms with van der Waals surface area (Å²) in [6, 6.07) is 2.29. The largest absolute Gasteiger partial charge is 0.493 e. The first-order valence-corrected chi connectivity index (χ1v) is 4.63. The summed E-state index contributed by atoms with van der Waals surface area (Å²) in [6.45, 7) is 0. The second-order valence-electron chi connectivity index (χ2n) is 2.86. The van der Waals surface area contributed by atoms with Crippen molar-refractivity contribution in [2.45, 2.75) is 6.43 Å². The number of benzene rings is 1. The molecule has 0 amide bonds. The van der Waals surface area contributed by atoms with Crippen LogP contribution in [0.3, 0.4) is 0 Å². The highest BCUT2D eigenvalue weighted by molar-refractivity contribution is 6.32. The Labute approximate surface area is 95.9 Å². The molecular weight excluding hydrogens is 242 g/mol. The molecule has 0 aromatic heterocycles. The van der Waals surface area contributed by atoms with Gasteiger partial charge in [0.2, 0.25) is 5.78 Å². The van der Waals surface area contributed by atoms with Crippen molar-refractivity contribution in [2.75, 3.05) is 14.2 Å². The molecule has 6 heteroatoms. The van der Waals surface area contributed by atoms with E-state index in [9.17, 15) is 13.6 Å². The number of Topliss-reactive ketones (excluding diaryl/α,β-unsaturated/α-hetero) is 1. The Hall–Kier alpha value is -1.36. The monoisotopic (exact) mass is 250 g/mol. The Morgan fingerprint density at radius 1 is 1.31 bits per heavy atom. The topological polar surface area (TPSA) is 35.5 Å². The molecule has 0 saturated carbocycles. The van der Waals surface area contributed by atoms with Crippen LogP contribution in [-0.4, -0.2) is 26.4 Å². The van der Waals surface area contributed by atoms with Gasteiger partial charge in [-0.1, -0.05) is 11.6 Å². The van der Waals surface area contributed by atoms with Crippen LogP contribution in [0.1, 0.15) is 10.4 Å². The van der Waals surface area contributed by atoms with Gasteiger partial charge in [0.05, 0.1) is 19.2 Å². The zero-order valence-corrected chi connectivity index (χ0v) is 9.35. The average molecular weight is 251 g/mol. The molecule has 1 rings (SSSR count). The van der Waals surface area contributed by atoms with Crippen LogP contribution in [0.4, 0.5) is 8.78 Å². The number of carbonyl (C=O) groups excluding carboxylic acids is 1. The van der Waals surface area contributed by atoms with Crippen LogP contribution < -0.4 is 9.47 Å². The molecule has 0 aliphatic carbocycles. The Balaban J connectivity index is 3.25. The fourth-order valence-electron chi connectivity index (χ4n) is 1.19. The summed E-state index contributed by atoms with van der Waals surface area (Å²) in [5, 5.41) is 0.0471. The van der Waals surface area contributed by atoms with E-state index in [-0.39, 0.29) is 22.1 Å². The molecule has 0 bridgehead atoms. The number of halogens is 3. The third-order valence-electron chi connectivity index (χ3n) is 1.92. The van der Waals surface area contributed by atoms with Crippen molar-refractivity contribution in [3.05, 3.63) is 22.7 Å². The van der Waals surface area contributed by atoms with Crippen LogP contribution in [-0.2, 0) is 0 Å². The van der Waals surface area contributed by atoms with Crippen molar-refractivity contribution in [1.29, 1.82) is 0 Å². The number of alkyl halides is 2. The average Bonchev–Trinajstić information content (AvgIpc) is 2.26. The van der Waals surface area contributed by atoms with Crippen molar-refractivity contribution in [3.63, 3.8) is 0 Å². The third-order valence-corrected chi connectivity index (χ3v) is 2.20. The molecule has 0 unspecified atom stereocenters. The number of ketones is 1. The fourth-order valence-corrected chi connectivity index (χ4v) is 1.47. The van der Waals surface area contributed by atoms with E-state index in [1.165, 1.54) is 20.3 Å². The third kappa shape index (κ3) is 2.41. The maximum Gasteiger partial charge on any atom is 0.300 e. The normalized spacial score (nSPS) is 10.4. The zero-order valence-electron chi connectivity index (χ0n) is 8.59. The van der Waals surface area contributed by atoms with Crippen LogP contribution in [0, 0.1) is 0 Å². The lowest BCUT2D eigenvalue weighted by Crippen LogP contribution is -2.10. The lowest BCUT2D eigenvalue weighted by atomic mass is 10.1. The zero-order chi connectivity index (χ0) is 12.3. The predicted molar refractivity (Wildman–Crippen MR) is 54.9 cm³/mol. The van der Waals surface area contributed by atoms with Crippen LogP contribution >= 0.6 is 11.6 Å². The quantitative estimate of drug-likeness (QED) is 0.771.